The number of carbonyl (C=O) groups is 1. The van der Waals surface area contributed by atoms with Crippen LogP contribution in [-0.4, -0.2) is 16.9 Å². The summed E-state index contributed by atoms with van der Waals surface area (Å²) in [6.45, 7) is 16.3. The maximum Gasteiger partial charge on any atom is 0.157 e. The number of carbonyl (C=O) groups excluding carboxylic acids is 1. The van der Waals surface area contributed by atoms with Crippen molar-refractivity contribution in [2.45, 2.75) is 72.9 Å². The molecule has 2 heteroatoms. The Labute approximate surface area is 94.8 Å². The van der Waals surface area contributed by atoms with Crippen molar-refractivity contribution in [2.75, 3.05) is 0 Å². The Hall–Kier alpha value is -0.370. The van der Waals surface area contributed by atoms with Crippen LogP contribution in [0.5, 0.6) is 0 Å². The molecule has 0 aliphatic rings. The van der Waals surface area contributed by atoms with E-state index in [0.717, 1.165) is 6.42 Å². The van der Waals surface area contributed by atoms with Crippen LogP contribution in [0.4, 0.5) is 0 Å². The van der Waals surface area contributed by atoms with Gasteiger partial charge in [0.2, 0.25) is 0 Å². The van der Waals surface area contributed by atoms with Crippen molar-refractivity contribution in [3.8, 4) is 0 Å². The van der Waals surface area contributed by atoms with Crippen LogP contribution in [0, 0.1) is 5.41 Å². The van der Waals surface area contributed by atoms with Crippen molar-refractivity contribution < 1.29 is 4.79 Å². The van der Waals surface area contributed by atoms with Gasteiger partial charge >= 0.3 is 0 Å². The zero-order chi connectivity index (χ0) is 12.5. The quantitative estimate of drug-likeness (QED) is 0.777. The number of ketones is 1. The van der Waals surface area contributed by atoms with E-state index in [1.807, 2.05) is 27.7 Å². The van der Waals surface area contributed by atoms with Crippen LogP contribution in [0.3, 0.4) is 0 Å². The maximum absolute atomic E-state index is 12.3. The largest absolute Gasteiger partial charge is 0.301 e. The molecule has 0 saturated heterocycles. The van der Waals surface area contributed by atoms with Gasteiger partial charge in [0.15, 0.2) is 5.78 Å². The minimum atomic E-state index is -0.461. The molecule has 1 N–H and O–H groups in total. The summed E-state index contributed by atoms with van der Waals surface area (Å²) in [5, 5.41) is 3.39. The summed E-state index contributed by atoms with van der Waals surface area (Å²) in [5.74, 6) is 0.285. The molecule has 15 heavy (non-hydrogen) atoms. The lowest BCUT2D eigenvalue weighted by molar-refractivity contribution is -0.133. The molecule has 0 aromatic carbocycles. The van der Waals surface area contributed by atoms with Crippen molar-refractivity contribution in [3.63, 3.8) is 0 Å². The van der Waals surface area contributed by atoms with Gasteiger partial charge in [0, 0.05) is 11.0 Å². The van der Waals surface area contributed by atoms with Crippen molar-refractivity contribution in [1.82, 2.24) is 5.32 Å². The van der Waals surface area contributed by atoms with Gasteiger partial charge in [0.25, 0.3) is 0 Å². The minimum Gasteiger partial charge on any atom is -0.301 e. The molecule has 0 aromatic rings. The van der Waals surface area contributed by atoms with Crippen molar-refractivity contribution in [3.05, 3.63) is 0 Å². The van der Waals surface area contributed by atoms with Gasteiger partial charge in [-0.05, 0) is 41.0 Å². The molecule has 0 spiro atoms. The Morgan fingerprint density at radius 1 is 1.00 bits per heavy atom. The number of Topliss-reactive ketones (excluding diaryl/α,β-unsaturated/α-hetero) is 1. The minimum absolute atomic E-state index is 0.0387. The van der Waals surface area contributed by atoms with Gasteiger partial charge in [-0.1, -0.05) is 20.8 Å². The first-order valence-corrected chi connectivity index (χ1v) is 5.76. The molecule has 0 rings (SSSR count). The Kier molecular flexibility index (Phi) is 4.14. The Balaban J connectivity index is 4.82. The fraction of sp³-hybridized carbons (Fsp3) is 0.923. The van der Waals surface area contributed by atoms with E-state index in [-0.39, 0.29) is 16.7 Å². The maximum atomic E-state index is 12.3. The summed E-state index contributed by atoms with van der Waals surface area (Å²) >= 11 is 0. The van der Waals surface area contributed by atoms with E-state index in [0.29, 0.717) is 0 Å². The van der Waals surface area contributed by atoms with Gasteiger partial charge in [-0.15, -0.1) is 0 Å². The van der Waals surface area contributed by atoms with Crippen LogP contribution in [-0.2, 0) is 4.79 Å². The zero-order valence-corrected chi connectivity index (χ0v) is 11.6. The highest BCUT2D eigenvalue weighted by Gasteiger charge is 2.39. The number of rotatable bonds is 4. The normalized spacial score (nSPS) is 14.1. The second-order valence-electron chi connectivity index (χ2n) is 6.57. The molecule has 0 saturated carbocycles. The van der Waals surface area contributed by atoms with Crippen molar-refractivity contribution in [2.24, 2.45) is 5.41 Å². The second-order valence-corrected chi connectivity index (χ2v) is 6.57. The highest BCUT2D eigenvalue weighted by atomic mass is 16.1. The zero-order valence-electron chi connectivity index (χ0n) is 11.6. The van der Waals surface area contributed by atoms with Gasteiger partial charge in [0.1, 0.15) is 0 Å². The molecule has 90 valence electrons. The van der Waals surface area contributed by atoms with Gasteiger partial charge in [-0.3, -0.25) is 4.79 Å². The lowest BCUT2D eigenvalue weighted by Gasteiger charge is -2.38. The number of hydrogen-bond acceptors (Lipinski definition) is 2. The third kappa shape index (κ3) is 4.33. The van der Waals surface area contributed by atoms with Crippen LogP contribution in [0.25, 0.3) is 0 Å². The lowest BCUT2D eigenvalue weighted by atomic mass is 9.76. The molecular weight excluding hydrogens is 186 g/mol. The predicted molar refractivity (Wildman–Crippen MR) is 66.0 cm³/mol. The smallest absolute Gasteiger partial charge is 0.157 e. The van der Waals surface area contributed by atoms with E-state index in [9.17, 15) is 4.79 Å². The van der Waals surface area contributed by atoms with Gasteiger partial charge in [0.05, 0.1) is 5.54 Å². The number of nitrogens with one attached hydrogen (secondary N) is 1. The topological polar surface area (TPSA) is 29.1 Å². The summed E-state index contributed by atoms with van der Waals surface area (Å²) in [7, 11) is 0. The van der Waals surface area contributed by atoms with E-state index in [4.69, 9.17) is 0 Å². The van der Waals surface area contributed by atoms with E-state index in [1.54, 1.807) is 0 Å². The van der Waals surface area contributed by atoms with Gasteiger partial charge < -0.3 is 5.32 Å². The highest BCUT2D eigenvalue weighted by Crippen LogP contribution is 2.28. The molecule has 0 radical (unpaired) electrons. The van der Waals surface area contributed by atoms with E-state index in [1.165, 1.54) is 0 Å². The van der Waals surface area contributed by atoms with Gasteiger partial charge in [-0.25, -0.2) is 0 Å². The molecule has 0 heterocycles. The molecule has 0 fully saturated rings. The highest BCUT2D eigenvalue weighted by molar-refractivity contribution is 5.92. The average Bonchev–Trinajstić information content (AvgIpc) is 1.98. The third-order valence-corrected chi connectivity index (χ3v) is 2.75. The first-order chi connectivity index (χ1) is 6.42. The number of hydrogen-bond donors (Lipinski definition) is 1. The lowest BCUT2D eigenvalue weighted by Crippen LogP contribution is -2.58. The van der Waals surface area contributed by atoms with Crippen molar-refractivity contribution in [1.29, 1.82) is 0 Å². The molecule has 0 unspecified atom stereocenters. The Morgan fingerprint density at radius 2 is 1.40 bits per heavy atom. The molecular formula is C13H27NO. The fourth-order valence-corrected chi connectivity index (χ4v) is 2.00. The molecule has 0 bridgehead atoms. The summed E-state index contributed by atoms with van der Waals surface area (Å²) in [6, 6.07) is 0. The molecule has 2 nitrogen and oxygen atoms in total. The molecule has 0 aliphatic carbocycles. The summed E-state index contributed by atoms with van der Waals surface area (Å²) in [6.07, 6.45) is 0.876. The first-order valence-electron chi connectivity index (χ1n) is 5.76. The summed E-state index contributed by atoms with van der Waals surface area (Å²) in [5.41, 5.74) is -0.748. The molecule has 0 atom stereocenters. The second kappa shape index (κ2) is 4.25. The monoisotopic (exact) mass is 213 g/mol. The predicted octanol–water partition coefficient (Wildman–Crippen LogP) is 3.16. The van der Waals surface area contributed by atoms with Crippen LogP contribution in [0.15, 0.2) is 0 Å². The Bertz CT molecular complexity index is 233. The van der Waals surface area contributed by atoms with E-state index >= 15 is 0 Å². The van der Waals surface area contributed by atoms with E-state index in [2.05, 4.69) is 33.0 Å². The standard InChI is InChI=1S/C13H27NO/c1-9-12(5,6)10(15)13(7,8)14-11(2,3)4/h14H,9H2,1-8H3. The summed E-state index contributed by atoms with van der Waals surface area (Å²) in [4.78, 5) is 12.3. The first kappa shape index (κ1) is 14.6. The van der Waals surface area contributed by atoms with Crippen LogP contribution < -0.4 is 5.32 Å². The van der Waals surface area contributed by atoms with Crippen LogP contribution in [0.2, 0.25) is 0 Å². The molecule has 0 aliphatic heterocycles. The molecule has 0 amide bonds. The van der Waals surface area contributed by atoms with Crippen LogP contribution in [0.1, 0.15) is 61.8 Å². The SMILES string of the molecule is CCC(C)(C)C(=O)C(C)(C)NC(C)(C)C. The van der Waals surface area contributed by atoms with Crippen molar-refractivity contribution >= 4 is 5.78 Å². The van der Waals surface area contributed by atoms with Gasteiger partial charge in [-0.2, -0.15) is 0 Å². The van der Waals surface area contributed by atoms with Crippen LogP contribution >= 0.6 is 0 Å². The van der Waals surface area contributed by atoms with E-state index < -0.39 is 5.54 Å². The third-order valence-electron chi connectivity index (χ3n) is 2.75. The Morgan fingerprint density at radius 3 is 1.67 bits per heavy atom. The summed E-state index contributed by atoms with van der Waals surface area (Å²) < 4.78 is 0. The molecule has 0 aromatic heterocycles. The average molecular weight is 213 g/mol. The fourth-order valence-electron chi connectivity index (χ4n) is 2.00.